The Morgan fingerprint density at radius 1 is 1.00 bits per heavy atom. The summed E-state index contributed by atoms with van der Waals surface area (Å²) < 4.78 is 85.2. The summed E-state index contributed by atoms with van der Waals surface area (Å²) in [6, 6.07) is -0.0711. The van der Waals surface area contributed by atoms with Crippen molar-refractivity contribution in [1.82, 2.24) is 0 Å². The number of hydrogen-bond acceptors (Lipinski definition) is 0. The number of rotatable bonds is 1. The van der Waals surface area contributed by atoms with Crippen LogP contribution < -0.4 is 0 Å². The predicted molar refractivity (Wildman–Crippen MR) is 36.3 cm³/mol. The summed E-state index contributed by atoms with van der Waals surface area (Å²) in [7, 11) is 0. The highest BCUT2D eigenvalue weighted by Gasteiger charge is 2.36. The van der Waals surface area contributed by atoms with E-state index in [9.17, 15) is 30.7 Å². The Bertz CT molecular complexity index is 366. The molecule has 0 amide bonds. The minimum atomic E-state index is -5.20. The Balaban J connectivity index is 3.38. The van der Waals surface area contributed by atoms with E-state index in [0.717, 1.165) is 0 Å². The van der Waals surface area contributed by atoms with Crippen LogP contribution in [0.25, 0.3) is 0 Å². The third-order valence-corrected chi connectivity index (χ3v) is 1.61. The third-order valence-electron chi connectivity index (χ3n) is 1.61. The van der Waals surface area contributed by atoms with Crippen molar-refractivity contribution in [2.24, 2.45) is 0 Å². The molecule has 0 unspecified atom stereocenters. The largest absolute Gasteiger partial charge is 0.419 e. The van der Waals surface area contributed by atoms with Gasteiger partial charge < -0.3 is 0 Å². The molecule has 0 saturated heterocycles. The van der Waals surface area contributed by atoms with Gasteiger partial charge in [-0.15, -0.1) is 0 Å². The highest BCUT2D eigenvalue weighted by molar-refractivity contribution is 5.29. The van der Waals surface area contributed by atoms with Crippen LogP contribution in [0.3, 0.4) is 0 Å². The fraction of sp³-hybridized carbons (Fsp3) is 0.250. The van der Waals surface area contributed by atoms with Crippen molar-refractivity contribution in [1.29, 1.82) is 0 Å². The van der Waals surface area contributed by atoms with E-state index in [1.165, 1.54) is 0 Å². The topological polar surface area (TPSA) is 0 Å². The van der Waals surface area contributed by atoms with Crippen LogP contribution in [-0.4, -0.2) is 0 Å². The minimum absolute atomic E-state index is 0.0369. The molecule has 0 heterocycles. The van der Waals surface area contributed by atoms with Crippen molar-refractivity contribution >= 4 is 0 Å². The van der Waals surface area contributed by atoms with E-state index in [0.29, 0.717) is 0 Å². The van der Waals surface area contributed by atoms with Crippen molar-refractivity contribution in [3.63, 3.8) is 0 Å². The molecule has 0 aromatic heterocycles. The van der Waals surface area contributed by atoms with Crippen LogP contribution in [0, 0.1) is 11.6 Å². The van der Waals surface area contributed by atoms with E-state index < -0.39 is 35.4 Å². The zero-order valence-corrected chi connectivity index (χ0v) is 6.88. The molecule has 0 aliphatic rings. The predicted octanol–water partition coefficient (Wildman–Crippen LogP) is 3.92. The average Bonchev–Trinajstić information content (AvgIpc) is 2.06. The molecule has 0 radical (unpaired) electrons. The SMILES string of the molecule is Fc1cc(C(F)F)cc(C(F)(F)F)c1F. The Morgan fingerprint density at radius 3 is 1.93 bits per heavy atom. The van der Waals surface area contributed by atoms with Gasteiger partial charge in [0.1, 0.15) is 0 Å². The van der Waals surface area contributed by atoms with E-state index in [-0.39, 0.29) is 12.1 Å². The molecule has 1 aromatic carbocycles. The number of halogens is 7. The van der Waals surface area contributed by atoms with Crippen LogP contribution in [0.5, 0.6) is 0 Å². The van der Waals surface area contributed by atoms with Gasteiger partial charge in [-0.1, -0.05) is 0 Å². The maximum atomic E-state index is 12.6. The Hall–Kier alpha value is -1.27. The molecular formula is C8H3F7. The molecule has 84 valence electrons. The van der Waals surface area contributed by atoms with Crippen molar-refractivity contribution in [3.8, 4) is 0 Å². The molecule has 1 aromatic rings. The van der Waals surface area contributed by atoms with Crippen LogP contribution in [0.2, 0.25) is 0 Å². The standard InChI is InChI=1S/C8H3F7/c9-5-2-3(7(11)12)1-4(6(5)10)8(13,14)15/h1-2,7H. The van der Waals surface area contributed by atoms with Gasteiger partial charge >= 0.3 is 6.18 Å². The second-order valence-electron chi connectivity index (χ2n) is 2.66. The molecule has 0 atom stereocenters. The van der Waals surface area contributed by atoms with E-state index in [2.05, 4.69) is 0 Å². The average molecular weight is 232 g/mol. The first-order valence-corrected chi connectivity index (χ1v) is 3.57. The minimum Gasteiger partial charge on any atom is -0.205 e. The van der Waals surface area contributed by atoms with Crippen LogP contribution in [0.1, 0.15) is 17.6 Å². The summed E-state index contributed by atoms with van der Waals surface area (Å²) in [5.41, 5.74) is -3.24. The van der Waals surface area contributed by atoms with Crippen molar-refractivity contribution in [2.45, 2.75) is 12.6 Å². The fourth-order valence-corrected chi connectivity index (χ4v) is 0.942. The Labute approximate surface area is 79.3 Å². The van der Waals surface area contributed by atoms with Gasteiger partial charge in [0.25, 0.3) is 6.43 Å². The normalized spacial score (nSPS) is 12.3. The quantitative estimate of drug-likeness (QED) is 0.643. The second-order valence-corrected chi connectivity index (χ2v) is 2.66. The lowest BCUT2D eigenvalue weighted by molar-refractivity contribution is -0.140. The lowest BCUT2D eigenvalue weighted by Crippen LogP contribution is -2.10. The lowest BCUT2D eigenvalue weighted by atomic mass is 10.1. The van der Waals surface area contributed by atoms with Crippen molar-refractivity contribution < 1.29 is 30.7 Å². The highest BCUT2D eigenvalue weighted by atomic mass is 19.4. The molecule has 0 nitrogen and oxygen atoms in total. The molecule has 7 heteroatoms. The number of benzene rings is 1. The lowest BCUT2D eigenvalue weighted by Gasteiger charge is -2.10. The molecule has 0 aliphatic heterocycles. The summed E-state index contributed by atoms with van der Waals surface area (Å²) in [4.78, 5) is 0. The smallest absolute Gasteiger partial charge is 0.205 e. The summed E-state index contributed by atoms with van der Waals surface area (Å²) in [5, 5.41) is 0. The first-order chi connectivity index (χ1) is 6.73. The summed E-state index contributed by atoms with van der Waals surface area (Å²) in [5.74, 6) is -4.12. The van der Waals surface area contributed by atoms with Gasteiger partial charge in [0.2, 0.25) is 0 Å². The van der Waals surface area contributed by atoms with Crippen LogP contribution in [0.4, 0.5) is 30.7 Å². The van der Waals surface area contributed by atoms with Crippen LogP contribution in [-0.2, 0) is 6.18 Å². The Morgan fingerprint density at radius 2 is 1.53 bits per heavy atom. The summed E-state index contributed by atoms with van der Waals surface area (Å²) in [6.07, 6.45) is -8.49. The van der Waals surface area contributed by atoms with E-state index in [1.54, 1.807) is 0 Å². The van der Waals surface area contributed by atoms with Gasteiger partial charge in [-0.25, -0.2) is 17.6 Å². The summed E-state index contributed by atoms with van der Waals surface area (Å²) >= 11 is 0. The molecule has 0 bridgehead atoms. The molecule has 0 N–H and O–H groups in total. The molecule has 0 fully saturated rings. The van der Waals surface area contributed by atoms with Crippen molar-refractivity contribution in [2.75, 3.05) is 0 Å². The molecule has 1 rings (SSSR count). The first-order valence-electron chi connectivity index (χ1n) is 3.57. The molecule has 15 heavy (non-hydrogen) atoms. The van der Waals surface area contributed by atoms with Gasteiger partial charge in [0.05, 0.1) is 5.56 Å². The van der Waals surface area contributed by atoms with Gasteiger partial charge in [-0.05, 0) is 12.1 Å². The molecule has 0 saturated carbocycles. The molecular weight excluding hydrogens is 229 g/mol. The summed E-state index contributed by atoms with van der Waals surface area (Å²) in [6.45, 7) is 0. The van der Waals surface area contributed by atoms with Crippen LogP contribution >= 0.6 is 0 Å². The van der Waals surface area contributed by atoms with Gasteiger partial charge in [0, 0.05) is 5.56 Å². The number of alkyl halides is 5. The maximum Gasteiger partial charge on any atom is 0.419 e. The zero-order chi connectivity index (χ0) is 11.8. The maximum absolute atomic E-state index is 12.6. The van der Waals surface area contributed by atoms with Gasteiger partial charge in [-0.3, -0.25) is 0 Å². The van der Waals surface area contributed by atoms with E-state index >= 15 is 0 Å². The third kappa shape index (κ3) is 2.40. The molecule has 0 spiro atoms. The highest BCUT2D eigenvalue weighted by Crippen LogP contribution is 2.34. The monoisotopic (exact) mass is 232 g/mol. The number of hydrogen-bond donors (Lipinski definition) is 0. The first kappa shape index (κ1) is 11.8. The molecule has 0 aliphatic carbocycles. The Kier molecular flexibility index (Phi) is 2.92. The van der Waals surface area contributed by atoms with Gasteiger partial charge in [0.15, 0.2) is 11.6 Å². The van der Waals surface area contributed by atoms with Gasteiger partial charge in [-0.2, -0.15) is 13.2 Å². The van der Waals surface area contributed by atoms with Crippen molar-refractivity contribution in [3.05, 3.63) is 34.9 Å². The zero-order valence-electron chi connectivity index (χ0n) is 6.88. The van der Waals surface area contributed by atoms with E-state index in [1.807, 2.05) is 0 Å². The van der Waals surface area contributed by atoms with Crippen LogP contribution in [0.15, 0.2) is 12.1 Å². The second kappa shape index (κ2) is 3.71. The fourth-order valence-electron chi connectivity index (χ4n) is 0.942. The van der Waals surface area contributed by atoms with E-state index in [4.69, 9.17) is 0 Å².